The topological polar surface area (TPSA) is 86.8 Å². The summed E-state index contributed by atoms with van der Waals surface area (Å²) in [7, 11) is 3.06. The molecule has 1 saturated carbocycles. The number of nitrogens with zero attached hydrogens (tertiary/aromatic N) is 4. The van der Waals surface area contributed by atoms with Gasteiger partial charge in [-0.05, 0) is 12.8 Å². The van der Waals surface area contributed by atoms with Crippen molar-refractivity contribution in [1.29, 1.82) is 0 Å². The molecule has 3 rings (SSSR count). The van der Waals surface area contributed by atoms with E-state index in [0.29, 0.717) is 28.3 Å². The maximum Gasteiger partial charge on any atom is 0.332 e. The number of ketones is 1. The fourth-order valence-corrected chi connectivity index (χ4v) is 4.48. The van der Waals surface area contributed by atoms with Gasteiger partial charge in [-0.3, -0.25) is 18.7 Å². The molecule has 1 fully saturated rings. The van der Waals surface area contributed by atoms with Crippen LogP contribution in [0.15, 0.2) is 14.6 Å². The SMILES string of the molecule is Cn1c(=O)c2c(SC3CCCCCC3=O)nc(C(C)(C)C)nc2n(C)c1=O. The van der Waals surface area contributed by atoms with Crippen LogP contribution in [0.2, 0.25) is 0 Å². The molecule has 0 amide bonds. The van der Waals surface area contributed by atoms with Gasteiger partial charge in [0.25, 0.3) is 5.56 Å². The van der Waals surface area contributed by atoms with E-state index < -0.39 is 11.2 Å². The summed E-state index contributed by atoms with van der Waals surface area (Å²) in [5, 5.41) is 0.608. The van der Waals surface area contributed by atoms with Crippen molar-refractivity contribution in [2.45, 2.75) is 68.6 Å². The average molecular weight is 391 g/mol. The molecular weight excluding hydrogens is 364 g/mol. The van der Waals surface area contributed by atoms with E-state index in [1.54, 1.807) is 7.05 Å². The zero-order chi connectivity index (χ0) is 19.9. The Kier molecular flexibility index (Phi) is 5.29. The summed E-state index contributed by atoms with van der Waals surface area (Å²) >= 11 is 1.35. The van der Waals surface area contributed by atoms with Gasteiger partial charge >= 0.3 is 5.69 Å². The number of aromatic nitrogens is 4. The molecule has 0 bridgehead atoms. The third-order valence-electron chi connectivity index (χ3n) is 4.94. The van der Waals surface area contributed by atoms with Crippen LogP contribution < -0.4 is 11.2 Å². The van der Waals surface area contributed by atoms with E-state index in [9.17, 15) is 14.4 Å². The minimum Gasteiger partial charge on any atom is -0.298 e. The number of Topliss-reactive ketones (excluding diaryl/α,β-unsaturated/α-hetero) is 1. The first kappa shape index (κ1) is 19.8. The molecule has 146 valence electrons. The maximum atomic E-state index is 12.8. The molecule has 1 unspecified atom stereocenters. The van der Waals surface area contributed by atoms with Crippen molar-refractivity contribution in [1.82, 2.24) is 19.1 Å². The first-order valence-corrected chi connectivity index (χ1v) is 10.2. The van der Waals surface area contributed by atoms with Crippen molar-refractivity contribution in [3.05, 3.63) is 26.7 Å². The van der Waals surface area contributed by atoms with Gasteiger partial charge in [0.2, 0.25) is 0 Å². The molecule has 2 heterocycles. The molecule has 27 heavy (non-hydrogen) atoms. The fourth-order valence-electron chi connectivity index (χ4n) is 3.24. The van der Waals surface area contributed by atoms with Gasteiger partial charge in [0.1, 0.15) is 22.0 Å². The summed E-state index contributed by atoms with van der Waals surface area (Å²) in [6, 6.07) is 0. The number of rotatable bonds is 2. The number of fused-ring (bicyclic) bond motifs is 1. The lowest BCUT2D eigenvalue weighted by Gasteiger charge is -2.20. The smallest absolute Gasteiger partial charge is 0.298 e. The lowest BCUT2D eigenvalue weighted by atomic mass is 9.96. The Morgan fingerprint density at radius 1 is 1.00 bits per heavy atom. The molecule has 0 N–H and O–H groups in total. The molecule has 1 atom stereocenters. The van der Waals surface area contributed by atoms with Crippen LogP contribution in [0.3, 0.4) is 0 Å². The van der Waals surface area contributed by atoms with Crippen molar-refractivity contribution in [2.75, 3.05) is 0 Å². The molecular formula is C19H26N4O3S. The summed E-state index contributed by atoms with van der Waals surface area (Å²) in [5.41, 5.74) is -0.870. The van der Waals surface area contributed by atoms with E-state index in [4.69, 9.17) is 0 Å². The zero-order valence-electron chi connectivity index (χ0n) is 16.5. The van der Waals surface area contributed by atoms with Crippen molar-refractivity contribution in [2.24, 2.45) is 14.1 Å². The maximum absolute atomic E-state index is 12.8. The van der Waals surface area contributed by atoms with Crippen LogP contribution in [0.4, 0.5) is 0 Å². The van der Waals surface area contributed by atoms with Gasteiger partial charge < -0.3 is 0 Å². The predicted octanol–water partition coefficient (Wildman–Crippen LogP) is 2.32. The Labute approximate surface area is 162 Å². The molecule has 1 aliphatic carbocycles. The minimum atomic E-state index is -0.424. The van der Waals surface area contributed by atoms with E-state index in [0.717, 1.165) is 30.3 Å². The molecule has 7 nitrogen and oxygen atoms in total. The van der Waals surface area contributed by atoms with Crippen LogP contribution in [0.5, 0.6) is 0 Å². The number of carbonyl (C=O) groups is 1. The number of carbonyl (C=O) groups excluding carboxylic acids is 1. The monoisotopic (exact) mass is 390 g/mol. The Hall–Kier alpha value is -1.96. The summed E-state index contributed by atoms with van der Waals surface area (Å²) in [4.78, 5) is 46.9. The summed E-state index contributed by atoms with van der Waals surface area (Å²) in [6.45, 7) is 5.95. The Bertz CT molecular complexity index is 1020. The summed E-state index contributed by atoms with van der Waals surface area (Å²) < 4.78 is 2.45. The van der Waals surface area contributed by atoms with E-state index in [-0.39, 0.29) is 16.4 Å². The zero-order valence-corrected chi connectivity index (χ0v) is 17.4. The second-order valence-corrected chi connectivity index (χ2v) is 9.37. The number of hydrogen-bond acceptors (Lipinski definition) is 6. The molecule has 2 aromatic heterocycles. The molecule has 0 radical (unpaired) electrons. The van der Waals surface area contributed by atoms with Crippen LogP contribution in [-0.4, -0.2) is 30.1 Å². The molecule has 8 heteroatoms. The number of hydrogen-bond donors (Lipinski definition) is 0. The van der Waals surface area contributed by atoms with Gasteiger partial charge in [0.15, 0.2) is 5.65 Å². The second-order valence-electron chi connectivity index (χ2n) is 8.18. The van der Waals surface area contributed by atoms with E-state index in [1.165, 1.54) is 23.4 Å². The largest absolute Gasteiger partial charge is 0.332 e. The predicted molar refractivity (Wildman–Crippen MR) is 106 cm³/mol. The standard InChI is InChI=1S/C19H26N4O3S/c1-19(2,3)17-20-14-13(16(25)23(5)18(26)22(14)4)15(21-17)27-12-10-8-6-7-9-11(12)24/h12H,6-10H2,1-5H3. The van der Waals surface area contributed by atoms with Gasteiger partial charge in [-0.1, -0.05) is 45.4 Å². The molecule has 2 aromatic rings. The van der Waals surface area contributed by atoms with E-state index in [2.05, 4.69) is 9.97 Å². The third kappa shape index (κ3) is 3.72. The highest BCUT2D eigenvalue weighted by Crippen LogP contribution is 2.33. The minimum absolute atomic E-state index is 0.208. The van der Waals surface area contributed by atoms with Crippen molar-refractivity contribution >= 4 is 28.6 Å². The molecule has 0 spiro atoms. The second kappa shape index (κ2) is 7.22. The average Bonchev–Trinajstić information content (AvgIpc) is 2.81. The normalized spacial score (nSPS) is 18.7. The molecule has 0 saturated heterocycles. The number of thioether (sulfide) groups is 1. The van der Waals surface area contributed by atoms with Crippen molar-refractivity contribution < 1.29 is 4.79 Å². The van der Waals surface area contributed by atoms with Gasteiger partial charge in [0.05, 0.1) is 5.25 Å². The highest BCUT2D eigenvalue weighted by atomic mass is 32.2. The molecule has 0 aromatic carbocycles. The van der Waals surface area contributed by atoms with Crippen molar-refractivity contribution in [3.63, 3.8) is 0 Å². The van der Waals surface area contributed by atoms with Crippen LogP contribution in [0, 0.1) is 0 Å². The lowest BCUT2D eigenvalue weighted by molar-refractivity contribution is -0.118. The highest BCUT2D eigenvalue weighted by Gasteiger charge is 2.28. The summed E-state index contributed by atoms with van der Waals surface area (Å²) in [6.07, 6.45) is 4.32. The third-order valence-corrected chi connectivity index (χ3v) is 6.24. The quantitative estimate of drug-likeness (QED) is 0.578. The van der Waals surface area contributed by atoms with Gasteiger partial charge in [-0.2, -0.15) is 0 Å². The highest BCUT2D eigenvalue weighted by molar-refractivity contribution is 8.00. The van der Waals surface area contributed by atoms with E-state index >= 15 is 0 Å². The van der Waals surface area contributed by atoms with Crippen LogP contribution in [0.25, 0.3) is 11.0 Å². The fraction of sp³-hybridized carbons (Fsp3) is 0.632. The Morgan fingerprint density at radius 3 is 2.37 bits per heavy atom. The lowest BCUT2D eigenvalue weighted by Crippen LogP contribution is -2.38. The first-order chi connectivity index (χ1) is 12.6. The molecule has 1 aliphatic rings. The Balaban J connectivity index is 2.27. The van der Waals surface area contributed by atoms with Gasteiger partial charge in [0, 0.05) is 25.9 Å². The molecule has 0 aliphatic heterocycles. The first-order valence-electron chi connectivity index (χ1n) is 9.29. The van der Waals surface area contributed by atoms with Crippen LogP contribution >= 0.6 is 11.8 Å². The van der Waals surface area contributed by atoms with E-state index in [1.807, 2.05) is 20.8 Å². The number of aryl methyl sites for hydroxylation is 1. The summed E-state index contributed by atoms with van der Waals surface area (Å²) in [5.74, 6) is 0.769. The van der Waals surface area contributed by atoms with Crippen LogP contribution in [0.1, 0.15) is 58.7 Å². The van der Waals surface area contributed by atoms with Gasteiger partial charge in [-0.25, -0.2) is 14.8 Å². The van der Waals surface area contributed by atoms with Crippen LogP contribution in [-0.2, 0) is 24.3 Å². The van der Waals surface area contributed by atoms with Crippen molar-refractivity contribution in [3.8, 4) is 0 Å². The Morgan fingerprint density at radius 2 is 1.70 bits per heavy atom. The van der Waals surface area contributed by atoms with Gasteiger partial charge in [-0.15, -0.1) is 0 Å².